The Balaban J connectivity index is 2.24. The number of nitrogens with zero attached hydrogens (tertiary/aromatic N) is 1. The molecule has 1 unspecified atom stereocenters. The van der Waals surface area contributed by atoms with Gasteiger partial charge in [-0.05, 0) is 38.4 Å². The lowest BCUT2D eigenvalue weighted by molar-refractivity contribution is 0.504. The van der Waals surface area contributed by atoms with Gasteiger partial charge in [-0.25, -0.2) is 0 Å². The van der Waals surface area contributed by atoms with E-state index in [0.717, 1.165) is 30.6 Å². The number of fused-ring (bicyclic) bond motifs is 1. The number of hydrogen-bond donors (Lipinski definition) is 1. The molecule has 1 atom stereocenters. The van der Waals surface area contributed by atoms with Gasteiger partial charge in [-0.15, -0.1) is 6.58 Å². The first-order valence-corrected chi connectivity index (χ1v) is 6.94. The number of hydrogen-bond acceptors (Lipinski definition) is 2. The third kappa shape index (κ3) is 3.65. The van der Waals surface area contributed by atoms with Gasteiger partial charge < -0.3 is 5.32 Å². The SMILES string of the molecule is C=C(C)CCC(NCC)c1ccc2ccccc2n1. The van der Waals surface area contributed by atoms with Crippen LogP contribution in [0.25, 0.3) is 10.9 Å². The summed E-state index contributed by atoms with van der Waals surface area (Å²) < 4.78 is 0. The summed E-state index contributed by atoms with van der Waals surface area (Å²) in [6.45, 7) is 9.15. The standard InChI is InChI=1S/C17H22N2/c1-4-18-16(11-9-13(2)3)17-12-10-14-7-5-6-8-15(14)19-17/h5-8,10,12,16,18H,2,4,9,11H2,1,3H3. The molecule has 0 radical (unpaired) electrons. The Kier molecular flexibility index (Phi) is 4.69. The highest BCUT2D eigenvalue weighted by Crippen LogP contribution is 2.21. The molecule has 0 saturated carbocycles. The third-order valence-electron chi connectivity index (χ3n) is 3.29. The Bertz CT molecular complexity index is 560. The van der Waals surface area contributed by atoms with Crippen molar-refractivity contribution < 1.29 is 0 Å². The van der Waals surface area contributed by atoms with Crippen LogP contribution in [0, 0.1) is 0 Å². The fourth-order valence-electron chi connectivity index (χ4n) is 2.27. The van der Waals surface area contributed by atoms with Gasteiger partial charge in [-0.3, -0.25) is 4.98 Å². The Morgan fingerprint density at radius 1 is 1.26 bits per heavy atom. The van der Waals surface area contributed by atoms with Gasteiger partial charge in [0.2, 0.25) is 0 Å². The minimum absolute atomic E-state index is 0.311. The minimum Gasteiger partial charge on any atom is -0.309 e. The molecule has 1 heterocycles. The van der Waals surface area contributed by atoms with Gasteiger partial charge in [0.1, 0.15) is 0 Å². The van der Waals surface area contributed by atoms with Crippen molar-refractivity contribution in [3.63, 3.8) is 0 Å². The van der Waals surface area contributed by atoms with Crippen molar-refractivity contribution in [2.45, 2.75) is 32.7 Å². The highest BCUT2D eigenvalue weighted by Gasteiger charge is 2.12. The van der Waals surface area contributed by atoms with Crippen LogP contribution in [0.1, 0.15) is 38.4 Å². The molecule has 0 bridgehead atoms. The van der Waals surface area contributed by atoms with Crippen molar-refractivity contribution in [3.8, 4) is 0 Å². The Morgan fingerprint density at radius 2 is 2.05 bits per heavy atom. The first-order valence-electron chi connectivity index (χ1n) is 6.94. The van der Waals surface area contributed by atoms with E-state index >= 15 is 0 Å². The number of pyridine rings is 1. The molecule has 2 heteroatoms. The number of allylic oxidation sites excluding steroid dienone is 1. The number of rotatable bonds is 6. The number of aromatic nitrogens is 1. The van der Waals surface area contributed by atoms with Crippen molar-refractivity contribution >= 4 is 10.9 Å². The van der Waals surface area contributed by atoms with Gasteiger partial charge in [-0.2, -0.15) is 0 Å². The lowest BCUT2D eigenvalue weighted by atomic mass is 10.0. The van der Waals surface area contributed by atoms with Crippen molar-refractivity contribution in [3.05, 3.63) is 54.2 Å². The fourth-order valence-corrected chi connectivity index (χ4v) is 2.27. The van der Waals surface area contributed by atoms with Gasteiger partial charge in [0, 0.05) is 11.4 Å². The summed E-state index contributed by atoms with van der Waals surface area (Å²) in [5, 5.41) is 4.71. The molecule has 1 N–H and O–H groups in total. The predicted molar refractivity (Wildman–Crippen MR) is 82.2 cm³/mol. The average molecular weight is 254 g/mol. The molecule has 0 saturated heterocycles. The first-order chi connectivity index (χ1) is 9.20. The molecular weight excluding hydrogens is 232 g/mol. The van der Waals surface area contributed by atoms with Crippen LogP contribution >= 0.6 is 0 Å². The first kappa shape index (κ1) is 13.8. The number of nitrogens with one attached hydrogen (secondary N) is 1. The van der Waals surface area contributed by atoms with E-state index in [2.05, 4.69) is 50.0 Å². The normalized spacial score (nSPS) is 12.5. The van der Waals surface area contributed by atoms with Crippen molar-refractivity contribution in [2.75, 3.05) is 6.54 Å². The molecule has 0 spiro atoms. The molecule has 0 amide bonds. The smallest absolute Gasteiger partial charge is 0.0706 e. The predicted octanol–water partition coefficient (Wildman–Crippen LogP) is 4.24. The number of para-hydroxylation sites is 1. The molecule has 19 heavy (non-hydrogen) atoms. The summed E-state index contributed by atoms with van der Waals surface area (Å²) in [5.41, 5.74) is 3.42. The lowest BCUT2D eigenvalue weighted by Gasteiger charge is -2.18. The second-order valence-electron chi connectivity index (χ2n) is 5.03. The Labute approximate surface area is 115 Å². The van der Waals surface area contributed by atoms with E-state index in [-0.39, 0.29) is 0 Å². The zero-order valence-electron chi connectivity index (χ0n) is 11.8. The summed E-state index contributed by atoms with van der Waals surface area (Å²) >= 11 is 0. The van der Waals surface area contributed by atoms with E-state index in [1.165, 1.54) is 11.0 Å². The van der Waals surface area contributed by atoms with Crippen LogP contribution < -0.4 is 5.32 Å². The zero-order valence-corrected chi connectivity index (χ0v) is 11.8. The van der Waals surface area contributed by atoms with E-state index in [9.17, 15) is 0 Å². The third-order valence-corrected chi connectivity index (χ3v) is 3.29. The van der Waals surface area contributed by atoms with Crippen LogP contribution in [-0.4, -0.2) is 11.5 Å². The molecule has 0 aliphatic heterocycles. The lowest BCUT2D eigenvalue weighted by Crippen LogP contribution is -2.21. The zero-order chi connectivity index (χ0) is 13.7. The van der Waals surface area contributed by atoms with Crippen LogP contribution in [0.2, 0.25) is 0 Å². The molecule has 1 aromatic heterocycles. The molecule has 100 valence electrons. The summed E-state index contributed by atoms with van der Waals surface area (Å²) in [4.78, 5) is 4.78. The largest absolute Gasteiger partial charge is 0.309 e. The molecule has 2 nitrogen and oxygen atoms in total. The minimum atomic E-state index is 0.311. The molecule has 2 rings (SSSR count). The summed E-state index contributed by atoms with van der Waals surface area (Å²) in [6.07, 6.45) is 2.08. The van der Waals surface area contributed by atoms with E-state index in [1.807, 2.05) is 12.1 Å². The quantitative estimate of drug-likeness (QED) is 0.780. The van der Waals surface area contributed by atoms with E-state index in [4.69, 9.17) is 4.98 Å². The highest BCUT2D eigenvalue weighted by atomic mass is 14.9. The van der Waals surface area contributed by atoms with Crippen LogP contribution in [0.4, 0.5) is 0 Å². The molecule has 0 aliphatic carbocycles. The second kappa shape index (κ2) is 6.48. The monoisotopic (exact) mass is 254 g/mol. The van der Waals surface area contributed by atoms with E-state index < -0.39 is 0 Å². The van der Waals surface area contributed by atoms with Crippen LogP contribution in [-0.2, 0) is 0 Å². The number of benzene rings is 1. The average Bonchev–Trinajstić information content (AvgIpc) is 2.42. The van der Waals surface area contributed by atoms with Gasteiger partial charge in [-0.1, -0.05) is 36.8 Å². The fraction of sp³-hybridized carbons (Fsp3) is 0.353. The maximum Gasteiger partial charge on any atom is 0.0706 e. The van der Waals surface area contributed by atoms with Crippen LogP contribution in [0.15, 0.2) is 48.6 Å². The molecule has 1 aromatic carbocycles. The topological polar surface area (TPSA) is 24.9 Å². The molecule has 2 aromatic rings. The van der Waals surface area contributed by atoms with Gasteiger partial charge in [0.25, 0.3) is 0 Å². The molecule has 0 aliphatic rings. The van der Waals surface area contributed by atoms with Crippen LogP contribution in [0.3, 0.4) is 0 Å². The maximum absolute atomic E-state index is 4.78. The molecular formula is C17H22N2. The van der Waals surface area contributed by atoms with E-state index in [1.54, 1.807) is 0 Å². The Hall–Kier alpha value is -1.67. The maximum atomic E-state index is 4.78. The highest BCUT2D eigenvalue weighted by molar-refractivity contribution is 5.78. The Morgan fingerprint density at radius 3 is 2.79 bits per heavy atom. The summed E-state index contributed by atoms with van der Waals surface area (Å²) in [5.74, 6) is 0. The van der Waals surface area contributed by atoms with Gasteiger partial charge in [0.15, 0.2) is 0 Å². The van der Waals surface area contributed by atoms with Gasteiger partial charge >= 0.3 is 0 Å². The van der Waals surface area contributed by atoms with E-state index in [0.29, 0.717) is 6.04 Å². The van der Waals surface area contributed by atoms with Crippen LogP contribution in [0.5, 0.6) is 0 Å². The van der Waals surface area contributed by atoms with Gasteiger partial charge in [0.05, 0.1) is 11.2 Å². The van der Waals surface area contributed by atoms with Crippen molar-refractivity contribution in [1.29, 1.82) is 0 Å². The van der Waals surface area contributed by atoms with Crippen molar-refractivity contribution in [1.82, 2.24) is 10.3 Å². The van der Waals surface area contributed by atoms with Crippen molar-refractivity contribution in [2.24, 2.45) is 0 Å². The summed E-state index contributed by atoms with van der Waals surface area (Å²) in [7, 11) is 0. The summed E-state index contributed by atoms with van der Waals surface area (Å²) in [6, 6.07) is 12.9. The second-order valence-corrected chi connectivity index (χ2v) is 5.03. The molecule has 0 fully saturated rings.